The van der Waals surface area contributed by atoms with Crippen molar-refractivity contribution in [3.8, 4) is 0 Å². The second-order valence-electron chi connectivity index (χ2n) is 4.69. The second-order valence-corrected chi connectivity index (χ2v) is 4.69. The van der Waals surface area contributed by atoms with Gasteiger partial charge < -0.3 is 27.0 Å². The first-order valence-electron chi connectivity index (χ1n) is 5.76. The Labute approximate surface area is 103 Å². The van der Waals surface area contributed by atoms with Crippen molar-refractivity contribution in [2.45, 2.75) is 49.5 Å². The molecule has 1 fully saturated rings. The third-order valence-corrected chi connectivity index (χ3v) is 2.99. The summed E-state index contributed by atoms with van der Waals surface area (Å²) in [4.78, 5) is 11.4. The molecule has 1 saturated carbocycles. The van der Waals surface area contributed by atoms with Gasteiger partial charge in [-0.05, 0) is 19.3 Å². The molecule has 1 rings (SSSR count). The van der Waals surface area contributed by atoms with E-state index >= 15 is 0 Å². The fourth-order valence-electron chi connectivity index (χ4n) is 2.03. The Morgan fingerprint density at radius 3 is 2.56 bits per heavy atom. The molecule has 0 spiro atoms. The van der Waals surface area contributed by atoms with Gasteiger partial charge in [-0.25, -0.2) is 8.78 Å². The number of alkyl halides is 2. The fourth-order valence-corrected chi connectivity index (χ4v) is 2.03. The molecule has 8 heteroatoms. The summed E-state index contributed by atoms with van der Waals surface area (Å²) in [5, 5.41) is 20.9. The Hall–Kier alpha value is -0.830. The van der Waals surface area contributed by atoms with Gasteiger partial charge in [-0.15, -0.1) is 0 Å². The highest BCUT2D eigenvalue weighted by molar-refractivity contribution is 5.81. The van der Waals surface area contributed by atoms with Crippen molar-refractivity contribution in [3.05, 3.63) is 0 Å². The van der Waals surface area contributed by atoms with Crippen molar-refractivity contribution < 1.29 is 23.8 Å². The molecule has 0 aromatic rings. The minimum atomic E-state index is -3.67. The molecule has 0 heterocycles. The lowest BCUT2D eigenvalue weighted by atomic mass is 9.89. The Kier molecular flexibility index (Phi) is 4.97. The first-order chi connectivity index (χ1) is 8.26. The molecule has 18 heavy (non-hydrogen) atoms. The van der Waals surface area contributed by atoms with Crippen molar-refractivity contribution in [3.63, 3.8) is 0 Å². The van der Waals surface area contributed by atoms with Crippen molar-refractivity contribution >= 4 is 5.91 Å². The van der Waals surface area contributed by atoms with E-state index in [2.05, 4.69) is 5.32 Å². The zero-order valence-electron chi connectivity index (χ0n) is 9.85. The summed E-state index contributed by atoms with van der Waals surface area (Å²) in [5.74, 6) is -4.86. The smallest absolute Gasteiger partial charge is 0.294 e. The van der Waals surface area contributed by atoms with E-state index in [0.29, 0.717) is 12.8 Å². The van der Waals surface area contributed by atoms with Crippen molar-refractivity contribution in [1.82, 2.24) is 5.32 Å². The predicted octanol–water partition coefficient (Wildman–Crippen LogP) is -1.70. The number of nitrogens with two attached hydrogens (primary N) is 2. The van der Waals surface area contributed by atoms with Gasteiger partial charge in [0.2, 0.25) is 0 Å². The summed E-state index contributed by atoms with van der Waals surface area (Å²) in [5.41, 5.74) is 10.4. The van der Waals surface area contributed by atoms with Gasteiger partial charge >= 0.3 is 0 Å². The van der Waals surface area contributed by atoms with Gasteiger partial charge in [-0.1, -0.05) is 0 Å². The molecule has 7 N–H and O–H groups in total. The Morgan fingerprint density at radius 1 is 1.44 bits per heavy atom. The molecule has 0 aromatic heterocycles. The summed E-state index contributed by atoms with van der Waals surface area (Å²) < 4.78 is 26.0. The van der Waals surface area contributed by atoms with Crippen LogP contribution in [0.25, 0.3) is 0 Å². The van der Waals surface area contributed by atoms with E-state index in [1.807, 2.05) is 0 Å². The second kappa shape index (κ2) is 5.87. The van der Waals surface area contributed by atoms with Crippen molar-refractivity contribution in [2.24, 2.45) is 11.5 Å². The highest BCUT2D eigenvalue weighted by Gasteiger charge is 2.42. The number of halogens is 2. The predicted molar refractivity (Wildman–Crippen MR) is 59.8 cm³/mol. The number of carbonyl (C=O) groups is 1. The average Bonchev–Trinajstić information content (AvgIpc) is 2.26. The van der Waals surface area contributed by atoms with Gasteiger partial charge in [-0.3, -0.25) is 4.79 Å². The Bertz CT molecular complexity index is 294. The molecule has 6 nitrogen and oxygen atoms in total. The van der Waals surface area contributed by atoms with E-state index in [1.165, 1.54) is 0 Å². The van der Waals surface area contributed by atoms with Crippen molar-refractivity contribution in [1.29, 1.82) is 0 Å². The number of hydrogen-bond acceptors (Lipinski definition) is 5. The molecule has 1 aliphatic rings. The summed E-state index contributed by atoms with van der Waals surface area (Å²) in [6.45, 7) is -1.12. The number of hydrogen-bond donors (Lipinski definition) is 5. The zero-order valence-corrected chi connectivity index (χ0v) is 9.85. The van der Waals surface area contributed by atoms with Crippen LogP contribution in [-0.2, 0) is 4.79 Å². The highest BCUT2D eigenvalue weighted by atomic mass is 19.3. The molecule has 0 radical (unpaired) electrons. The van der Waals surface area contributed by atoms with Crippen molar-refractivity contribution in [2.75, 3.05) is 6.54 Å². The van der Waals surface area contributed by atoms with E-state index in [0.717, 1.165) is 0 Å². The summed E-state index contributed by atoms with van der Waals surface area (Å²) in [6, 6.07) is -0.814. The summed E-state index contributed by atoms with van der Waals surface area (Å²) in [6.07, 6.45) is -2.14. The number of carbonyl (C=O) groups excluding carboxylic acids is 1. The highest BCUT2D eigenvalue weighted by Crippen LogP contribution is 2.20. The number of aliphatic hydroxyl groups excluding tert-OH is 2. The van der Waals surface area contributed by atoms with Gasteiger partial charge in [-0.2, -0.15) is 0 Å². The molecule has 0 bridgehead atoms. The molecule has 1 unspecified atom stereocenters. The molecule has 1 aliphatic carbocycles. The van der Waals surface area contributed by atoms with E-state index in [-0.39, 0.29) is 12.5 Å². The minimum absolute atomic E-state index is 0.236. The first kappa shape index (κ1) is 15.2. The van der Waals surface area contributed by atoms with Crippen LogP contribution in [0.3, 0.4) is 0 Å². The lowest BCUT2D eigenvalue weighted by Crippen LogP contribution is -2.54. The number of amides is 1. The van der Waals surface area contributed by atoms with Crippen LogP contribution >= 0.6 is 0 Å². The van der Waals surface area contributed by atoms with Crippen LogP contribution in [0.15, 0.2) is 0 Å². The van der Waals surface area contributed by atoms with Crippen LogP contribution < -0.4 is 16.8 Å². The van der Waals surface area contributed by atoms with Gasteiger partial charge in [0.05, 0.1) is 12.6 Å². The van der Waals surface area contributed by atoms with Crippen LogP contribution in [-0.4, -0.2) is 52.9 Å². The Balaban J connectivity index is 2.54. The largest absolute Gasteiger partial charge is 0.393 e. The lowest BCUT2D eigenvalue weighted by Gasteiger charge is -2.32. The van der Waals surface area contributed by atoms with Crippen LogP contribution in [0.1, 0.15) is 19.3 Å². The lowest BCUT2D eigenvalue weighted by molar-refractivity contribution is -0.152. The molecular weight excluding hydrogens is 248 g/mol. The van der Waals surface area contributed by atoms with Crippen LogP contribution in [0.4, 0.5) is 8.78 Å². The maximum Gasteiger partial charge on any atom is 0.294 e. The van der Waals surface area contributed by atoms with Crippen LogP contribution in [0, 0.1) is 0 Å². The fraction of sp³-hybridized carbons (Fsp3) is 0.900. The molecular formula is C10H19F2N3O3. The summed E-state index contributed by atoms with van der Waals surface area (Å²) in [7, 11) is 0. The zero-order chi connectivity index (χ0) is 13.9. The monoisotopic (exact) mass is 267 g/mol. The minimum Gasteiger partial charge on any atom is -0.393 e. The maximum atomic E-state index is 13.0. The van der Waals surface area contributed by atoms with E-state index in [9.17, 15) is 23.8 Å². The van der Waals surface area contributed by atoms with Gasteiger partial charge in [0.25, 0.3) is 11.8 Å². The maximum absolute atomic E-state index is 13.0. The number of nitrogens with one attached hydrogen (secondary N) is 1. The third kappa shape index (κ3) is 3.84. The standard InChI is InChI=1S/C10H19F2N3O3/c11-10(12,4-13)8(17)9(18)15-6-1-5(14)2-7(16)3-6/h5-8,16-17H,1-4,13-14H2,(H,15,18)/t5-,6+,7-,8?/m0/s1. The van der Waals surface area contributed by atoms with E-state index < -0.39 is 36.6 Å². The van der Waals surface area contributed by atoms with E-state index in [1.54, 1.807) is 0 Å². The SMILES string of the molecule is NCC(F)(F)C(O)C(=O)N[C@@H]1C[C@H](N)C[C@H](O)C1. The number of rotatable bonds is 4. The molecule has 106 valence electrons. The molecule has 1 amide bonds. The Morgan fingerprint density at radius 2 is 2.06 bits per heavy atom. The summed E-state index contributed by atoms with van der Waals surface area (Å²) >= 11 is 0. The number of aliphatic hydroxyl groups is 2. The quantitative estimate of drug-likeness (QED) is 0.415. The molecule has 0 aliphatic heterocycles. The normalized spacial score (nSPS) is 30.9. The third-order valence-electron chi connectivity index (χ3n) is 2.99. The average molecular weight is 267 g/mol. The van der Waals surface area contributed by atoms with Gasteiger partial charge in [0.1, 0.15) is 0 Å². The van der Waals surface area contributed by atoms with Gasteiger partial charge in [0, 0.05) is 12.1 Å². The van der Waals surface area contributed by atoms with Crippen LogP contribution in [0.2, 0.25) is 0 Å². The van der Waals surface area contributed by atoms with E-state index in [4.69, 9.17) is 11.5 Å². The molecule has 0 aromatic carbocycles. The van der Waals surface area contributed by atoms with Gasteiger partial charge in [0.15, 0.2) is 6.10 Å². The first-order valence-corrected chi connectivity index (χ1v) is 5.76. The topological polar surface area (TPSA) is 122 Å². The molecule has 4 atom stereocenters. The molecule has 0 saturated heterocycles. The van der Waals surface area contributed by atoms with Crippen LogP contribution in [0.5, 0.6) is 0 Å².